The number of rotatable bonds is 6. The molecule has 3 heterocycles. The van der Waals surface area contributed by atoms with Crippen LogP contribution in [0.4, 0.5) is 15.9 Å². The van der Waals surface area contributed by atoms with E-state index >= 15 is 0 Å². The van der Waals surface area contributed by atoms with Gasteiger partial charge in [0.2, 0.25) is 5.91 Å². The number of carbonyl (C=O) groups excluding carboxylic acids is 1. The summed E-state index contributed by atoms with van der Waals surface area (Å²) in [7, 11) is 2.95. The summed E-state index contributed by atoms with van der Waals surface area (Å²) in [5.41, 5.74) is 2.19. The molecule has 10 heteroatoms. The molecule has 4 rings (SSSR count). The molecule has 1 aromatic carbocycles. The monoisotopic (exact) mass is 466 g/mol. The van der Waals surface area contributed by atoms with Crippen molar-refractivity contribution in [2.45, 2.75) is 25.4 Å². The molecule has 9 nitrogen and oxygen atoms in total. The van der Waals surface area contributed by atoms with E-state index in [1.165, 1.54) is 20.3 Å². The number of nitriles is 1. The van der Waals surface area contributed by atoms with Gasteiger partial charge in [0, 0.05) is 31.7 Å². The van der Waals surface area contributed by atoms with E-state index in [2.05, 4.69) is 27.5 Å². The summed E-state index contributed by atoms with van der Waals surface area (Å²) >= 11 is 0. The van der Waals surface area contributed by atoms with E-state index in [0.717, 1.165) is 17.1 Å². The number of methoxy groups -OCH3 is 2. The van der Waals surface area contributed by atoms with Crippen molar-refractivity contribution in [2.24, 2.45) is 0 Å². The fourth-order valence-corrected chi connectivity index (χ4v) is 4.58. The molecule has 1 aromatic heterocycles. The molecule has 178 valence electrons. The topological polar surface area (TPSA) is 94.8 Å². The molecular weight excluding hydrogens is 439 g/mol. The predicted molar refractivity (Wildman–Crippen MR) is 124 cm³/mol. The predicted octanol–water partition coefficient (Wildman–Crippen LogP) is 2.31. The Morgan fingerprint density at radius 1 is 1.26 bits per heavy atom. The Bertz CT molecular complexity index is 1130. The Kier molecular flexibility index (Phi) is 6.82. The van der Waals surface area contributed by atoms with Crippen LogP contribution in [0.3, 0.4) is 0 Å². The molecule has 2 aliphatic rings. The highest BCUT2D eigenvalue weighted by molar-refractivity contribution is 5.87. The number of amides is 1. The van der Waals surface area contributed by atoms with E-state index in [1.807, 2.05) is 4.90 Å². The van der Waals surface area contributed by atoms with Gasteiger partial charge in [0.05, 0.1) is 50.7 Å². The molecule has 2 aromatic rings. The number of anilines is 2. The summed E-state index contributed by atoms with van der Waals surface area (Å²) in [6.45, 7) is 6.03. The zero-order valence-corrected chi connectivity index (χ0v) is 19.3. The first-order chi connectivity index (χ1) is 16.5. The first kappa shape index (κ1) is 23.3. The molecule has 34 heavy (non-hydrogen) atoms. The van der Waals surface area contributed by atoms with Crippen molar-refractivity contribution in [3.63, 3.8) is 0 Å². The van der Waals surface area contributed by atoms with Gasteiger partial charge in [-0.1, -0.05) is 12.6 Å². The molecule has 0 spiro atoms. The van der Waals surface area contributed by atoms with E-state index in [1.54, 1.807) is 23.1 Å². The van der Waals surface area contributed by atoms with Crippen LogP contribution >= 0.6 is 0 Å². The highest BCUT2D eigenvalue weighted by atomic mass is 19.1. The lowest BCUT2D eigenvalue weighted by Crippen LogP contribution is -2.55. The maximum atomic E-state index is 14.9. The number of benzene rings is 1. The van der Waals surface area contributed by atoms with E-state index in [0.29, 0.717) is 44.8 Å². The van der Waals surface area contributed by atoms with Crippen LogP contribution < -0.4 is 19.3 Å². The Labute approximate surface area is 198 Å². The third kappa shape index (κ3) is 4.33. The van der Waals surface area contributed by atoms with E-state index in [-0.39, 0.29) is 30.1 Å². The van der Waals surface area contributed by atoms with Gasteiger partial charge in [0.1, 0.15) is 5.82 Å². The second kappa shape index (κ2) is 9.95. The summed E-state index contributed by atoms with van der Waals surface area (Å²) in [6, 6.07) is 7.21. The van der Waals surface area contributed by atoms with Gasteiger partial charge < -0.3 is 24.2 Å². The van der Waals surface area contributed by atoms with Gasteiger partial charge in [-0.2, -0.15) is 15.2 Å². The van der Waals surface area contributed by atoms with Crippen LogP contribution in [0.2, 0.25) is 0 Å². The summed E-state index contributed by atoms with van der Waals surface area (Å²) in [6.07, 6.45) is 2.10. The standard InChI is InChI=1S/C24H27FN6O3/c1-4-21(32)31-13-12-30(14-16(31)8-10-26)23-17-9-11-29(15-18(17)27-24(28-23)34-3)19-6-5-7-20(33-2)22(19)25/h4-7,16H,1,8-9,11-15H2,2-3H3. The number of hydrogen-bond acceptors (Lipinski definition) is 8. The molecule has 0 bridgehead atoms. The average molecular weight is 467 g/mol. The molecule has 1 atom stereocenters. The quantitative estimate of drug-likeness (QED) is 0.599. The van der Waals surface area contributed by atoms with Crippen molar-refractivity contribution in [3.8, 4) is 17.8 Å². The van der Waals surface area contributed by atoms with Crippen LogP contribution in [-0.2, 0) is 17.8 Å². The second-order valence-electron chi connectivity index (χ2n) is 8.12. The minimum atomic E-state index is -0.406. The highest BCUT2D eigenvalue weighted by Gasteiger charge is 2.33. The van der Waals surface area contributed by atoms with Gasteiger partial charge in [-0.15, -0.1) is 0 Å². The molecule has 0 aliphatic carbocycles. The minimum Gasteiger partial charge on any atom is -0.494 e. The van der Waals surface area contributed by atoms with Crippen molar-refractivity contribution < 1.29 is 18.7 Å². The smallest absolute Gasteiger partial charge is 0.318 e. The number of nitrogens with zero attached hydrogens (tertiary/aromatic N) is 6. The lowest BCUT2D eigenvalue weighted by molar-refractivity contribution is -0.128. The summed E-state index contributed by atoms with van der Waals surface area (Å²) < 4.78 is 25.4. The first-order valence-corrected chi connectivity index (χ1v) is 11.1. The lowest BCUT2D eigenvalue weighted by Gasteiger charge is -2.42. The van der Waals surface area contributed by atoms with E-state index in [4.69, 9.17) is 9.47 Å². The fraction of sp³-hybridized carbons (Fsp3) is 0.417. The van der Waals surface area contributed by atoms with Crippen LogP contribution in [0.1, 0.15) is 17.7 Å². The second-order valence-corrected chi connectivity index (χ2v) is 8.12. The third-order valence-corrected chi connectivity index (χ3v) is 6.28. The van der Waals surface area contributed by atoms with Crippen molar-refractivity contribution >= 4 is 17.4 Å². The Hall–Kier alpha value is -3.87. The van der Waals surface area contributed by atoms with Gasteiger partial charge in [0.15, 0.2) is 11.6 Å². The fourth-order valence-electron chi connectivity index (χ4n) is 4.58. The van der Waals surface area contributed by atoms with Crippen molar-refractivity contribution in [1.29, 1.82) is 5.26 Å². The molecule has 0 saturated carbocycles. The summed E-state index contributed by atoms with van der Waals surface area (Å²) in [5, 5.41) is 9.30. The van der Waals surface area contributed by atoms with Crippen LogP contribution in [0.5, 0.6) is 11.8 Å². The molecule has 1 saturated heterocycles. The van der Waals surface area contributed by atoms with E-state index < -0.39 is 5.82 Å². The van der Waals surface area contributed by atoms with Crippen molar-refractivity contribution in [1.82, 2.24) is 14.9 Å². The molecule has 2 aliphatic heterocycles. The Morgan fingerprint density at radius 2 is 2.09 bits per heavy atom. The summed E-state index contributed by atoms with van der Waals surface area (Å²) in [5.74, 6) is 0.344. The Morgan fingerprint density at radius 3 is 2.79 bits per heavy atom. The van der Waals surface area contributed by atoms with Crippen LogP contribution in [0.25, 0.3) is 0 Å². The Balaban J connectivity index is 1.65. The molecular formula is C24H27FN6O3. The highest BCUT2D eigenvalue weighted by Crippen LogP contribution is 2.34. The number of aromatic nitrogens is 2. The van der Waals surface area contributed by atoms with E-state index in [9.17, 15) is 14.4 Å². The number of fused-ring (bicyclic) bond motifs is 1. The number of piperazine rings is 1. The van der Waals surface area contributed by atoms with Gasteiger partial charge >= 0.3 is 6.01 Å². The number of ether oxygens (including phenoxy) is 2. The average Bonchev–Trinajstić information content (AvgIpc) is 2.87. The van der Waals surface area contributed by atoms with Crippen LogP contribution in [-0.4, -0.2) is 67.2 Å². The molecule has 1 unspecified atom stereocenters. The number of hydrogen-bond donors (Lipinski definition) is 0. The maximum absolute atomic E-state index is 14.9. The van der Waals surface area contributed by atoms with Gasteiger partial charge in [-0.3, -0.25) is 4.79 Å². The van der Waals surface area contributed by atoms with Crippen LogP contribution in [0.15, 0.2) is 30.9 Å². The molecule has 1 fully saturated rings. The van der Waals surface area contributed by atoms with Gasteiger partial charge in [0.25, 0.3) is 0 Å². The third-order valence-electron chi connectivity index (χ3n) is 6.28. The zero-order chi connectivity index (χ0) is 24.2. The number of carbonyl (C=O) groups is 1. The largest absolute Gasteiger partial charge is 0.494 e. The number of halogens is 1. The zero-order valence-electron chi connectivity index (χ0n) is 19.3. The van der Waals surface area contributed by atoms with Crippen LogP contribution in [0, 0.1) is 17.1 Å². The maximum Gasteiger partial charge on any atom is 0.318 e. The van der Waals surface area contributed by atoms with Gasteiger partial charge in [-0.05, 0) is 24.6 Å². The lowest BCUT2D eigenvalue weighted by atomic mass is 10.0. The SMILES string of the molecule is C=CC(=O)N1CCN(c2nc(OC)nc3c2CCN(c2cccc(OC)c2F)C3)CC1CC#N. The minimum absolute atomic E-state index is 0.182. The molecule has 0 N–H and O–H groups in total. The molecule has 1 amide bonds. The summed E-state index contributed by atoms with van der Waals surface area (Å²) in [4.78, 5) is 27.1. The first-order valence-electron chi connectivity index (χ1n) is 11.1. The normalized spacial score (nSPS) is 17.6. The molecule has 0 radical (unpaired) electrons. The van der Waals surface area contributed by atoms with Crippen molar-refractivity contribution in [3.05, 3.63) is 47.9 Å². The van der Waals surface area contributed by atoms with Gasteiger partial charge in [-0.25, -0.2) is 4.39 Å². The van der Waals surface area contributed by atoms with Crippen molar-refractivity contribution in [2.75, 3.05) is 50.2 Å².